The fourth-order valence-corrected chi connectivity index (χ4v) is 2.85. The predicted molar refractivity (Wildman–Crippen MR) is 98.2 cm³/mol. The van der Waals surface area contributed by atoms with Crippen molar-refractivity contribution in [3.05, 3.63) is 77.9 Å². The highest BCUT2D eigenvalue weighted by Gasteiger charge is 2.17. The Morgan fingerprint density at radius 2 is 1.67 bits per heavy atom. The fraction of sp³-hybridized carbons (Fsp3) is 0.158. The molecule has 142 valence electrons. The largest absolute Gasteiger partial charge is 0.458 e. The molecular weight excluding hydrogens is 370 g/mol. The number of hydrogen-bond donors (Lipinski definition) is 1. The Kier molecular flexibility index (Phi) is 7.13. The standard InChI is InChI=1S/C19H19NO6S/c1-15-9-11-17(12-10-15)27(23,24)20-19(22)25-13-5-8-18(21)26-14-16-6-3-2-4-7-16/h2-12H,13-14H2,1H3,(H,20,22)/b8-5+. The van der Waals surface area contributed by atoms with Crippen LogP contribution >= 0.6 is 0 Å². The van der Waals surface area contributed by atoms with Gasteiger partial charge in [-0.15, -0.1) is 0 Å². The Morgan fingerprint density at radius 1 is 1.00 bits per heavy atom. The van der Waals surface area contributed by atoms with Gasteiger partial charge in [-0.3, -0.25) is 0 Å². The average molecular weight is 389 g/mol. The molecule has 1 N–H and O–H groups in total. The van der Waals surface area contributed by atoms with E-state index in [1.807, 2.05) is 37.3 Å². The number of ether oxygens (including phenoxy) is 2. The zero-order chi connectivity index (χ0) is 19.7. The maximum Gasteiger partial charge on any atom is 0.421 e. The van der Waals surface area contributed by atoms with Crippen LogP contribution in [0.3, 0.4) is 0 Å². The van der Waals surface area contributed by atoms with Gasteiger partial charge < -0.3 is 9.47 Å². The van der Waals surface area contributed by atoms with Gasteiger partial charge in [-0.1, -0.05) is 48.0 Å². The monoisotopic (exact) mass is 389 g/mol. The highest BCUT2D eigenvalue weighted by atomic mass is 32.2. The number of nitrogens with one attached hydrogen (secondary N) is 1. The minimum atomic E-state index is -4.01. The molecule has 8 heteroatoms. The Bertz CT molecular complexity index is 905. The number of carbonyl (C=O) groups is 2. The van der Waals surface area contributed by atoms with Crippen LogP contribution in [0.4, 0.5) is 4.79 Å². The summed E-state index contributed by atoms with van der Waals surface area (Å²) in [5.41, 5.74) is 1.73. The molecule has 0 aliphatic rings. The van der Waals surface area contributed by atoms with Gasteiger partial charge in [-0.2, -0.15) is 0 Å². The van der Waals surface area contributed by atoms with Crippen molar-refractivity contribution in [3.8, 4) is 0 Å². The van der Waals surface area contributed by atoms with Crippen LogP contribution in [0, 0.1) is 6.92 Å². The fourth-order valence-electron chi connectivity index (χ4n) is 1.96. The molecule has 0 heterocycles. The minimum absolute atomic E-state index is 0.0509. The van der Waals surface area contributed by atoms with E-state index in [2.05, 4.69) is 0 Å². The quantitative estimate of drug-likeness (QED) is 0.577. The van der Waals surface area contributed by atoms with Crippen molar-refractivity contribution in [2.75, 3.05) is 6.61 Å². The molecular formula is C19H19NO6S. The zero-order valence-corrected chi connectivity index (χ0v) is 15.4. The summed E-state index contributed by atoms with van der Waals surface area (Å²) >= 11 is 0. The zero-order valence-electron chi connectivity index (χ0n) is 14.6. The van der Waals surface area contributed by atoms with Gasteiger partial charge in [0, 0.05) is 6.08 Å². The minimum Gasteiger partial charge on any atom is -0.458 e. The molecule has 0 bridgehead atoms. The van der Waals surface area contributed by atoms with Gasteiger partial charge in [0.15, 0.2) is 0 Å². The summed E-state index contributed by atoms with van der Waals surface area (Å²) in [6.07, 6.45) is 1.22. The number of benzene rings is 2. The predicted octanol–water partition coefficient (Wildman–Crippen LogP) is 2.71. The van der Waals surface area contributed by atoms with Gasteiger partial charge in [0.1, 0.15) is 13.2 Å². The number of rotatable bonds is 7. The molecule has 2 rings (SSSR count). The normalized spacial score (nSPS) is 11.1. The van der Waals surface area contributed by atoms with Gasteiger partial charge in [0.2, 0.25) is 0 Å². The summed E-state index contributed by atoms with van der Waals surface area (Å²) in [6, 6.07) is 15.1. The van der Waals surface area contributed by atoms with E-state index in [1.54, 1.807) is 16.9 Å². The number of aryl methyl sites for hydroxylation is 1. The van der Waals surface area contributed by atoms with Crippen LogP contribution in [0.1, 0.15) is 11.1 Å². The molecule has 7 nitrogen and oxygen atoms in total. The molecule has 0 unspecified atom stereocenters. The first-order chi connectivity index (χ1) is 12.9. The van der Waals surface area contributed by atoms with Crippen LogP contribution in [0.25, 0.3) is 0 Å². The first kappa shape index (κ1) is 20.2. The molecule has 0 radical (unpaired) electrons. The van der Waals surface area contributed by atoms with Crippen molar-refractivity contribution in [3.63, 3.8) is 0 Å². The molecule has 0 saturated heterocycles. The summed E-state index contributed by atoms with van der Waals surface area (Å²) in [5, 5.41) is 0. The highest BCUT2D eigenvalue weighted by molar-refractivity contribution is 7.90. The molecule has 27 heavy (non-hydrogen) atoms. The number of carbonyl (C=O) groups excluding carboxylic acids is 2. The first-order valence-corrected chi connectivity index (χ1v) is 9.48. The second kappa shape index (κ2) is 9.54. The van der Waals surface area contributed by atoms with E-state index in [0.29, 0.717) is 0 Å². The number of sulfonamides is 1. The van der Waals surface area contributed by atoms with E-state index in [-0.39, 0.29) is 18.1 Å². The third kappa shape index (κ3) is 6.95. The third-order valence-electron chi connectivity index (χ3n) is 3.34. The Morgan fingerprint density at radius 3 is 2.33 bits per heavy atom. The van der Waals surface area contributed by atoms with E-state index in [9.17, 15) is 18.0 Å². The Hall–Kier alpha value is -3.13. The van der Waals surface area contributed by atoms with Gasteiger partial charge in [-0.25, -0.2) is 22.7 Å². The molecule has 0 fully saturated rings. The Balaban J connectivity index is 1.74. The average Bonchev–Trinajstić information content (AvgIpc) is 2.64. The molecule has 2 aromatic carbocycles. The summed E-state index contributed by atoms with van der Waals surface area (Å²) in [7, 11) is -4.01. The smallest absolute Gasteiger partial charge is 0.421 e. The van der Waals surface area contributed by atoms with Crippen LogP contribution in [0.2, 0.25) is 0 Å². The third-order valence-corrected chi connectivity index (χ3v) is 4.67. The van der Waals surface area contributed by atoms with Crippen molar-refractivity contribution in [2.45, 2.75) is 18.4 Å². The second-order valence-corrected chi connectivity index (χ2v) is 7.20. The number of hydrogen-bond acceptors (Lipinski definition) is 6. The number of amides is 1. The van der Waals surface area contributed by atoms with Crippen LogP contribution in [0.5, 0.6) is 0 Å². The van der Waals surface area contributed by atoms with Crippen molar-refractivity contribution >= 4 is 22.1 Å². The Labute approximate surface area is 157 Å². The second-order valence-electron chi connectivity index (χ2n) is 5.51. The molecule has 2 aromatic rings. The lowest BCUT2D eigenvalue weighted by Crippen LogP contribution is -2.31. The SMILES string of the molecule is Cc1ccc(S(=O)(=O)NC(=O)OC/C=C/C(=O)OCc2ccccc2)cc1. The molecule has 0 aliphatic carbocycles. The summed E-state index contributed by atoms with van der Waals surface area (Å²) in [5.74, 6) is -0.602. The lowest BCUT2D eigenvalue weighted by atomic mass is 10.2. The summed E-state index contributed by atoms with van der Waals surface area (Å²) < 4.78 is 35.5. The van der Waals surface area contributed by atoms with Gasteiger partial charge >= 0.3 is 12.1 Å². The molecule has 0 spiro atoms. The van der Waals surface area contributed by atoms with Crippen molar-refractivity contribution < 1.29 is 27.5 Å². The van der Waals surface area contributed by atoms with Crippen molar-refractivity contribution in [1.82, 2.24) is 4.72 Å². The lowest BCUT2D eigenvalue weighted by molar-refractivity contribution is -0.139. The van der Waals surface area contributed by atoms with Crippen LogP contribution in [0.15, 0.2) is 71.6 Å². The molecule has 0 atom stereocenters. The lowest BCUT2D eigenvalue weighted by Gasteiger charge is -2.07. The van der Waals surface area contributed by atoms with Gasteiger partial charge in [0.05, 0.1) is 4.90 Å². The molecule has 0 saturated carbocycles. The number of esters is 1. The highest BCUT2D eigenvalue weighted by Crippen LogP contribution is 2.09. The van der Waals surface area contributed by atoms with Crippen molar-refractivity contribution in [1.29, 1.82) is 0 Å². The van der Waals surface area contributed by atoms with E-state index < -0.39 is 22.1 Å². The van der Waals surface area contributed by atoms with Gasteiger partial charge in [-0.05, 0) is 30.7 Å². The molecule has 0 aliphatic heterocycles. The van der Waals surface area contributed by atoms with Crippen LogP contribution < -0.4 is 4.72 Å². The van der Waals surface area contributed by atoms with E-state index in [1.165, 1.54) is 18.2 Å². The topological polar surface area (TPSA) is 98.8 Å². The van der Waals surface area contributed by atoms with Crippen molar-refractivity contribution in [2.24, 2.45) is 0 Å². The van der Waals surface area contributed by atoms with Crippen LogP contribution in [-0.4, -0.2) is 27.1 Å². The van der Waals surface area contributed by atoms with E-state index >= 15 is 0 Å². The van der Waals surface area contributed by atoms with E-state index in [0.717, 1.165) is 17.2 Å². The molecule has 1 amide bonds. The maximum absolute atomic E-state index is 12.0. The van der Waals surface area contributed by atoms with E-state index in [4.69, 9.17) is 9.47 Å². The summed E-state index contributed by atoms with van der Waals surface area (Å²) in [4.78, 5) is 23.1. The van der Waals surface area contributed by atoms with Crippen LogP contribution in [-0.2, 0) is 30.9 Å². The maximum atomic E-state index is 12.0. The summed E-state index contributed by atoms with van der Waals surface area (Å²) in [6.45, 7) is 1.66. The first-order valence-electron chi connectivity index (χ1n) is 8.00. The molecule has 0 aromatic heterocycles. The van der Waals surface area contributed by atoms with Gasteiger partial charge in [0.25, 0.3) is 10.0 Å².